The third-order valence-electron chi connectivity index (χ3n) is 5.21. The van der Waals surface area contributed by atoms with Crippen LogP contribution in [-0.4, -0.2) is 42.0 Å². The molecule has 3 N–H and O–H groups in total. The summed E-state index contributed by atoms with van der Waals surface area (Å²) < 4.78 is 10.5. The molecule has 3 rings (SSSR count). The van der Waals surface area contributed by atoms with Gasteiger partial charge in [0.05, 0.1) is 0 Å². The smallest absolute Gasteiger partial charge is 0.411 e. The summed E-state index contributed by atoms with van der Waals surface area (Å²) in [5.74, 6) is -1.39. The molecule has 0 bridgehead atoms. The molecule has 8 nitrogen and oxygen atoms in total. The highest BCUT2D eigenvalue weighted by atomic mass is 16.6. The van der Waals surface area contributed by atoms with Crippen LogP contribution in [0.4, 0.5) is 9.59 Å². The van der Waals surface area contributed by atoms with Gasteiger partial charge in [-0.05, 0) is 55.9 Å². The molecule has 0 fully saturated rings. The lowest BCUT2D eigenvalue weighted by Crippen LogP contribution is -2.33. The third kappa shape index (κ3) is 6.60. The number of benzene rings is 2. The first-order chi connectivity index (χ1) is 16.2. The first-order valence-corrected chi connectivity index (χ1v) is 11.2. The van der Waals surface area contributed by atoms with E-state index in [0.717, 1.165) is 22.3 Å². The van der Waals surface area contributed by atoms with E-state index >= 15 is 0 Å². The molecule has 0 radical (unpaired) electrons. The Morgan fingerprint density at radius 2 is 1.56 bits per heavy atom. The van der Waals surface area contributed by atoms with Gasteiger partial charge in [-0.15, -0.1) is 0 Å². The summed E-state index contributed by atoms with van der Waals surface area (Å²) in [6.45, 7) is 5.70. The van der Waals surface area contributed by atoms with E-state index in [1.165, 1.54) is 6.08 Å². The number of carboxylic acids is 1. The highest BCUT2D eigenvalue weighted by molar-refractivity contribution is 5.90. The molecule has 1 aliphatic rings. The van der Waals surface area contributed by atoms with Crippen molar-refractivity contribution in [3.8, 4) is 11.1 Å². The molecular weight excluding hydrogens is 436 g/mol. The number of alkyl carbamates (subject to hydrolysis) is 2. The maximum atomic E-state index is 12.3. The van der Waals surface area contributed by atoms with Crippen molar-refractivity contribution in [2.24, 2.45) is 0 Å². The number of carbonyl (C=O) groups excluding carboxylic acids is 2. The van der Waals surface area contributed by atoms with Crippen LogP contribution in [-0.2, 0) is 14.3 Å². The van der Waals surface area contributed by atoms with Gasteiger partial charge in [-0.2, -0.15) is 0 Å². The second kappa shape index (κ2) is 10.9. The highest BCUT2D eigenvalue weighted by Crippen LogP contribution is 2.44. The van der Waals surface area contributed by atoms with Gasteiger partial charge in [0.25, 0.3) is 0 Å². The number of carboxylic acid groups (broad SMARTS) is 1. The quantitative estimate of drug-likeness (QED) is 0.380. The Bertz CT molecular complexity index is 1040. The molecule has 2 amide bonds. The molecular formula is C26H30N2O6. The van der Waals surface area contributed by atoms with Crippen molar-refractivity contribution in [3.63, 3.8) is 0 Å². The largest absolute Gasteiger partial charge is 0.477 e. The molecule has 2 aromatic carbocycles. The fourth-order valence-electron chi connectivity index (χ4n) is 3.79. The summed E-state index contributed by atoms with van der Waals surface area (Å²) in [5, 5.41) is 14.3. The number of rotatable bonds is 8. The number of allylic oxidation sites excluding steroid dienone is 1. The first kappa shape index (κ1) is 24.8. The fraction of sp³-hybridized carbons (Fsp3) is 0.346. The van der Waals surface area contributed by atoms with Gasteiger partial charge >= 0.3 is 18.2 Å². The Hall–Kier alpha value is -3.81. The van der Waals surface area contributed by atoms with E-state index in [1.54, 1.807) is 20.8 Å². The van der Waals surface area contributed by atoms with Crippen molar-refractivity contribution in [3.05, 3.63) is 71.4 Å². The standard InChI is InChI=1S/C26H30N2O6/c1-26(2,3)34-24(31)27-15-9-8-14-22(23(29)30)28-25(32)33-16-21-19-12-6-4-10-17(19)18-11-5-7-13-20(18)21/h4-7,10-14,21H,8-9,15-16H2,1-3H3,(H,27,31)(H,28,32)(H,29,30)/b22-14+. The fourth-order valence-corrected chi connectivity index (χ4v) is 3.79. The van der Waals surface area contributed by atoms with Crippen LogP contribution < -0.4 is 10.6 Å². The zero-order valence-electron chi connectivity index (χ0n) is 19.6. The Labute approximate surface area is 199 Å². The van der Waals surface area contributed by atoms with Crippen LogP contribution in [0.5, 0.6) is 0 Å². The van der Waals surface area contributed by atoms with Crippen molar-refractivity contribution < 1.29 is 29.0 Å². The Balaban J connectivity index is 1.51. The molecule has 180 valence electrons. The lowest BCUT2D eigenvalue weighted by Gasteiger charge is -2.19. The molecule has 0 aliphatic heterocycles. The number of hydrogen-bond donors (Lipinski definition) is 3. The number of aliphatic carboxylic acids is 1. The van der Waals surface area contributed by atoms with Crippen molar-refractivity contribution in [2.45, 2.75) is 45.1 Å². The van der Waals surface area contributed by atoms with E-state index in [4.69, 9.17) is 9.47 Å². The highest BCUT2D eigenvalue weighted by Gasteiger charge is 2.29. The van der Waals surface area contributed by atoms with Crippen molar-refractivity contribution in [1.29, 1.82) is 0 Å². The van der Waals surface area contributed by atoms with E-state index < -0.39 is 23.8 Å². The van der Waals surface area contributed by atoms with Crippen LogP contribution in [0.15, 0.2) is 60.3 Å². The SMILES string of the molecule is CC(C)(C)OC(=O)NCCC/C=C(/NC(=O)OCC1c2ccccc2-c2ccccc21)C(=O)O. The monoisotopic (exact) mass is 466 g/mol. The molecule has 0 saturated carbocycles. The average Bonchev–Trinajstić information content (AvgIpc) is 3.09. The van der Waals surface area contributed by atoms with Gasteiger partial charge < -0.3 is 19.9 Å². The minimum atomic E-state index is -1.27. The lowest BCUT2D eigenvalue weighted by molar-refractivity contribution is -0.133. The van der Waals surface area contributed by atoms with Crippen LogP contribution in [0.1, 0.15) is 50.7 Å². The molecule has 0 unspecified atom stereocenters. The Morgan fingerprint density at radius 3 is 2.12 bits per heavy atom. The summed E-state index contributed by atoms with van der Waals surface area (Å²) >= 11 is 0. The molecule has 0 spiro atoms. The molecule has 0 aromatic heterocycles. The summed E-state index contributed by atoms with van der Waals surface area (Å²) in [4.78, 5) is 35.5. The maximum Gasteiger partial charge on any atom is 0.411 e. The van der Waals surface area contributed by atoms with Gasteiger partial charge in [0.1, 0.15) is 17.9 Å². The zero-order chi connectivity index (χ0) is 24.7. The van der Waals surface area contributed by atoms with Crippen molar-refractivity contribution in [2.75, 3.05) is 13.2 Å². The lowest BCUT2D eigenvalue weighted by atomic mass is 9.98. The summed E-state index contributed by atoms with van der Waals surface area (Å²) in [7, 11) is 0. The molecule has 34 heavy (non-hydrogen) atoms. The molecule has 1 aliphatic carbocycles. The van der Waals surface area contributed by atoms with Crippen molar-refractivity contribution in [1.82, 2.24) is 10.6 Å². The number of hydrogen-bond acceptors (Lipinski definition) is 5. The maximum absolute atomic E-state index is 12.3. The molecule has 0 heterocycles. The van der Waals surface area contributed by atoms with Gasteiger partial charge in [0.15, 0.2) is 0 Å². The number of ether oxygens (including phenoxy) is 2. The summed E-state index contributed by atoms with van der Waals surface area (Å²) in [6, 6.07) is 15.9. The normalized spacial score (nSPS) is 13.0. The van der Waals surface area contributed by atoms with Crippen LogP contribution in [0.25, 0.3) is 11.1 Å². The number of unbranched alkanes of at least 4 members (excludes halogenated alkanes) is 1. The number of fused-ring (bicyclic) bond motifs is 3. The van der Waals surface area contributed by atoms with Gasteiger partial charge in [-0.25, -0.2) is 14.4 Å². The Morgan fingerprint density at radius 1 is 0.971 bits per heavy atom. The van der Waals surface area contributed by atoms with E-state index in [0.29, 0.717) is 19.4 Å². The molecule has 0 saturated heterocycles. The molecule has 8 heteroatoms. The minimum absolute atomic E-state index is 0.0898. The predicted molar refractivity (Wildman–Crippen MR) is 127 cm³/mol. The van der Waals surface area contributed by atoms with Crippen LogP contribution in [0, 0.1) is 0 Å². The molecule has 0 atom stereocenters. The minimum Gasteiger partial charge on any atom is -0.477 e. The third-order valence-corrected chi connectivity index (χ3v) is 5.21. The van der Waals surface area contributed by atoms with Crippen LogP contribution >= 0.6 is 0 Å². The predicted octanol–water partition coefficient (Wildman–Crippen LogP) is 4.80. The van der Waals surface area contributed by atoms with E-state index in [2.05, 4.69) is 10.6 Å². The Kier molecular flexibility index (Phi) is 7.94. The van der Waals surface area contributed by atoms with Gasteiger partial charge in [-0.3, -0.25) is 5.32 Å². The number of carbonyl (C=O) groups is 3. The van der Waals surface area contributed by atoms with E-state index in [1.807, 2.05) is 48.5 Å². The average molecular weight is 467 g/mol. The zero-order valence-corrected chi connectivity index (χ0v) is 19.6. The summed E-state index contributed by atoms with van der Waals surface area (Å²) in [6.07, 6.45) is 0.832. The summed E-state index contributed by atoms with van der Waals surface area (Å²) in [5.41, 5.74) is 3.50. The van der Waals surface area contributed by atoms with Crippen LogP contribution in [0.2, 0.25) is 0 Å². The second-order valence-electron chi connectivity index (χ2n) is 8.94. The topological polar surface area (TPSA) is 114 Å². The van der Waals surface area contributed by atoms with E-state index in [9.17, 15) is 19.5 Å². The number of amides is 2. The van der Waals surface area contributed by atoms with Crippen molar-refractivity contribution >= 4 is 18.2 Å². The molecule has 2 aromatic rings. The first-order valence-electron chi connectivity index (χ1n) is 11.2. The van der Waals surface area contributed by atoms with Gasteiger partial charge in [0, 0.05) is 12.5 Å². The van der Waals surface area contributed by atoms with Gasteiger partial charge in [-0.1, -0.05) is 54.6 Å². The van der Waals surface area contributed by atoms with E-state index in [-0.39, 0.29) is 18.2 Å². The van der Waals surface area contributed by atoms with Crippen LogP contribution in [0.3, 0.4) is 0 Å². The second-order valence-corrected chi connectivity index (χ2v) is 8.94. The number of nitrogens with one attached hydrogen (secondary N) is 2. The van der Waals surface area contributed by atoms with Gasteiger partial charge in [0.2, 0.25) is 0 Å².